The maximum absolute atomic E-state index is 13.2. The van der Waals surface area contributed by atoms with Crippen molar-refractivity contribution in [1.82, 2.24) is 0 Å². The van der Waals surface area contributed by atoms with Crippen LogP contribution in [0.5, 0.6) is 5.75 Å². The zero-order chi connectivity index (χ0) is 10.3. The maximum Gasteiger partial charge on any atom is 0.170 e. The van der Waals surface area contributed by atoms with Crippen LogP contribution in [0.1, 0.15) is 18.4 Å². The van der Waals surface area contributed by atoms with Gasteiger partial charge in [-0.1, -0.05) is 11.6 Å². The SMILES string of the molecule is NCC1(c2cc(F)c(O)c(Cl)c2)CC1. The minimum atomic E-state index is -0.674. The van der Waals surface area contributed by atoms with Gasteiger partial charge >= 0.3 is 0 Å². The molecule has 0 atom stereocenters. The fourth-order valence-electron chi connectivity index (χ4n) is 1.63. The first kappa shape index (κ1) is 9.74. The Balaban J connectivity index is 2.46. The Kier molecular flexibility index (Phi) is 2.16. The Hall–Kier alpha value is -0.800. The third-order valence-corrected chi connectivity index (χ3v) is 3.16. The van der Waals surface area contributed by atoms with E-state index in [0.717, 1.165) is 18.4 Å². The Bertz CT molecular complexity index is 353. The van der Waals surface area contributed by atoms with E-state index >= 15 is 0 Å². The van der Waals surface area contributed by atoms with Gasteiger partial charge in [-0.05, 0) is 30.5 Å². The van der Waals surface area contributed by atoms with E-state index in [-0.39, 0.29) is 10.4 Å². The highest BCUT2D eigenvalue weighted by molar-refractivity contribution is 6.32. The van der Waals surface area contributed by atoms with E-state index in [0.29, 0.717) is 6.54 Å². The van der Waals surface area contributed by atoms with Crippen molar-refractivity contribution in [2.24, 2.45) is 5.73 Å². The van der Waals surface area contributed by atoms with E-state index < -0.39 is 11.6 Å². The maximum atomic E-state index is 13.2. The number of phenols is 1. The minimum Gasteiger partial charge on any atom is -0.504 e. The van der Waals surface area contributed by atoms with Crippen LogP contribution < -0.4 is 5.73 Å². The Morgan fingerprint density at radius 1 is 1.50 bits per heavy atom. The molecule has 1 saturated carbocycles. The standard InChI is InChI=1S/C10H11ClFNO/c11-7-3-6(4-8(12)9(7)14)10(5-13)1-2-10/h3-4,14H,1-2,5,13H2. The number of hydrogen-bond acceptors (Lipinski definition) is 2. The molecule has 1 fully saturated rings. The molecule has 1 aliphatic rings. The van der Waals surface area contributed by atoms with Crippen molar-refractivity contribution in [2.75, 3.05) is 6.54 Å². The predicted octanol–water partition coefficient (Wildman–Crippen LogP) is 2.17. The van der Waals surface area contributed by atoms with Crippen LogP contribution in [0.15, 0.2) is 12.1 Å². The Morgan fingerprint density at radius 2 is 2.14 bits per heavy atom. The van der Waals surface area contributed by atoms with Gasteiger partial charge in [-0.25, -0.2) is 4.39 Å². The first-order valence-corrected chi connectivity index (χ1v) is 4.85. The molecule has 1 aromatic carbocycles. The third-order valence-electron chi connectivity index (χ3n) is 2.87. The van der Waals surface area contributed by atoms with Gasteiger partial charge in [-0.3, -0.25) is 0 Å². The fraction of sp³-hybridized carbons (Fsp3) is 0.400. The smallest absolute Gasteiger partial charge is 0.170 e. The van der Waals surface area contributed by atoms with Crippen molar-refractivity contribution in [2.45, 2.75) is 18.3 Å². The lowest BCUT2D eigenvalue weighted by atomic mass is 9.96. The van der Waals surface area contributed by atoms with Crippen LogP contribution in [0.4, 0.5) is 4.39 Å². The molecule has 4 heteroatoms. The lowest BCUT2D eigenvalue weighted by Gasteiger charge is -2.13. The van der Waals surface area contributed by atoms with E-state index in [2.05, 4.69) is 0 Å². The number of hydrogen-bond donors (Lipinski definition) is 2. The van der Waals surface area contributed by atoms with E-state index in [1.165, 1.54) is 6.07 Å². The van der Waals surface area contributed by atoms with Gasteiger partial charge < -0.3 is 10.8 Å². The molecule has 1 aromatic rings. The Morgan fingerprint density at radius 3 is 2.57 bits per heavy atom. The zero-order valence-electron chi connectivity index (χ0n) is 7.56. The molecule has 0 spiro atoms. The summed E-state index contributed by atoms with van der Waals surface area (Å²) in [5, 5.41) is 9.21. The average molecular weight is 216 g/mol. The molecule has 0 heterocycles. The summed E-state index contributed by atoms with van der Waals surface area (Å²) in [4.78, 5) is 0. The summed E-state index contributed by atoms with van der Waals surface area (Å²) < 4.78 is 13.2. The lowest BCUT2D eigenvalue weighted by molar-refractivity contribution is 0.431. The summed E-state index contributed by atoms with van der Waals surface area (Å²) in [6.45, 7) is 0.494. The predicted molar refractivity (Wildman–Crippen MR) is 53.0 cm³/mol. The summed E-state index contributed by atoms with van der Waals surface area (Å²) >= 11 is 5.68. The van der Waals surface area contributed by atoms with E-state index in [9.17, 15) is 4.39 Å². The molecular formula is C10H11ClFNO. The highest BCUT2D eigenvalue weighted by Crippen LogP contribution is 2.48. The van der Waals surface area contributed by atoms with Crippen LogP contribution in [0.3, 0.4) is 0 Å². The second-order valence-corrected chi connectivity index (χ2v) is 4.18. The van der Waals surface area contributed by atoms with Gasteiger partial charge in [-0.2, -0.15) is 0 Å². The minimum absolute atomic E-state index is 0.0553. The quantitative estimate of drug-likeness (QED) is 0.794. The van der Waals surface area contributed by atoms with Crippen molar-refractivity contribution < 1.29 is 9.50 Å². The van der Waals surface area contributed by atoms with Crippen LogP contribution >= 0.6 is 11.6 Å². The Labute approximate surface area is 86.5 Å². The van der Waals surface area contributed by atoms with Crippen molar-refractivity contribution in [3.8, 4) is 5.75 Å². The molecule has 2 rings (SSSR count). The number of phenolic OH excluding ortho intramolecular Hbond substituents is 1. The number of rotatable bonds is 2. The van der Waals surface area contributed by atoms with Crippen LogP contribution in [0, 0.1) is 5.82 Å². The molecule has 0 saturated heterocycles. The number of aromatic hydroxyl groups is 1. The van der Waals surface area contributed by atoms with Crippen LogP contribution in [-0.4, -0.2) is 11.7 Å². The number of nitrogens with two attached hydrogens (primary N) is 1. The first-order valence-electron chi connectivity index (χ1n) is 4.48. The molecule has 0 unspecified atom stereocenters. The van der Waals surface area contributed by atoms with Gasteiger partial charge in [0.25, 0.3) is 0 Å². The second kappa shape index (κ2) is 3.11. The summed E-state index contributed by atoms with van der Waals surface area (Å²) in [5.74, 6) is -1.16. The molecule has 1 aliphatic carbocycles. The van der Waals surface area contributed by atoms with Crippen molar-refractivity contribution >= 4 is 11.6 Å². The van der Waals surface area contributed by atoms with Crippen molar-refractivity contribution in [3.63, 3.8) is 0 Å². The van der Waals surface area contributed by atoms with Crippen molar-refractivity contribution in [3.05, 3.63) is 28.5 Å². The van der Waals surface area contributed by atoms with Gasteiger partial charge in [0, 0.05) is 12.0 Å². The summed E-state index contributed by atoms with van der Waals surface area (Å²) in [7, 11) is 0. The molecule has 2 nitrogen and oxygen atoms in total. The molecule has 0 amide bonds. The van der Waals surface area contributed by atoms with E-state index in [4.69, 9.17) is 22.4 Å². The van der Waals surface area contributed by atoms with Crippen molar-refractivity contribution in [1.29, 1.82) is 0 Å². The molecule has 0 aromatic heterocycles. The molecule has 0 aliphatic heterocycles. The summed E-state index contributed by atoms with van der Waals surface area (Å²) in [6.07, 6.45) is 1.92. The monoisotopic (exact) mass is 215 g/mol. The topological polar surface area (TPSA) is 46.2 Å². The van der Waals surface area contributed by atoms with Crippen LogP contribution in [0.25, 0.3) is 0 Å². The highest BCUT2D eigenvalue weighted by atomic mass is 35.5. The van der Waals surface area contributed by atoms with Gasteiger partial charge in [0.15, 0.2) is 11.6 Å². The van der Waals surface area contributed by atoms with Gasteiger partial charge in [0.05, 0.1) is 5.02 Å². The third kappa shape index (κ3) is 1.37. The molecule has 3 N–H and O–H groups in total. The summed E-state index contributed by atoms with van der Waals surface area (Å²) in [5.41, 5.74) is 6.30. The van der Waals surface area contributed by atoms with Crippen LogP contribution in [-0.2, 0) is 5.41 Å². The van der Waals surface area contributed by atoms with Gasteiger partial charge in [-0.15, -0.1) is 0 Å². The second-order valence-electron chi connectivity index (χ2n) is 3.77. The van der Waals surface area contributed by atoms with Gasteiger partial charge in [0.2, 0.25) is 0 Å². The molecule has 0 radical (unpaired) electrons. The normalized spacial score (nSPS) is 18.2. The van der Waals surface area contributed by atoms with E-state index in [1.807, 2.05) is 0 Å². The highest BCUT2D eigenvalue weighted by Gasteiger charge is 2.43. The number of halogens is 2. The molecule has 0 bridgehead atoms. The fourth-order valence-corrected chi connectivity index (χ4v) is 1.84. The molecular weight excluding hydrogens is 205 g/mol. The number of benzene rings is 1. The largest absolute Gasteiger partial charge is 0.504 e. The van der Waals surface area contributed by atoms with E-state index in [1.54, 1.807) is 6.07 Å². The first-order chi connectivity index (χ1) is 6.59. The van der Waals surface area contributed by atoms with Gasteiger partial charge in [0.1, 0.15) is 0 Å². The lowest BCUT2D eigenvalue weighted by Crippen LogP contribution is -2.19. The summed E-state index contributed by atoms with van der Waals surface area (Å²) in [6, 6.07) is 2.92. The molecule has 76 valence electrons. The van der Waals surface area contributed by atoms with Crippen LogP contribution in [0.2, 0.25) is 5.02 Å². The average Bonchev–Trinajstić information content (AvgIpc) is 2.94. The molecule has 14 heavy (non-hydrogen) atoms. The zero-order valence-corrected chi connectivity index (χ0v) is 8.31.